The number of anilines is 1. The van der Waals surface area contributed by atoms with E-state index in [9.17, 15) is 9.59 Å². The van der Waals surface area contributed by atoms with Crippen molar-refractivity contribution < 1.29 is 18.7 Å². The molecular weight excluding hydrogens is 438 g/mol. The largest absolute Gasteiger partial charge is 0.481 e. The lowest BCUT2D eigenvalue weighted by Gasteiger charge is -2.16. The molecular formula is C27H24ClNO4. The third-order valence-corrected chi connectivity index (χ3v) is 6.05. The number of furan rings is 1. The number of hydrogen-bond acceptors (Lipinski definition) is 4. The maximum atomic E-state index is 13.2. The monoisotopic (exact) mass is 461 g/mol. The van der Waals surface area contributed by atoms with E-state index in [0.29, 0.717) is 33.0 Å². The predicted molar refractivity (Wildman–Crippen MR) is 130 cm³/mol. The zero-order valence-corrected chi connectivity index (χ0v) is 19.6. The molecule has 1 atom stereocenters. The van der Waals surface area contributed by atoms with Crippen molar-refractivity contribution in [1.29, 1.82) is 0 Å². The molecule has 1 N–H and O–H groups in total. The molecule has 1 heterocycles. The quantitative estimate of drug-likeness (QED) is 0.326. The number of benzene rings is 3. The zero-order valence-electron chi connectivity index (χ0n) is 18.9. The van der Waals surface area contributed by atoms with Crippen molar-refractivity contribution in [2.45, 2.75) is 33.8 Å². The van der Waals surface area contributed by atoms with E-state index in [-0.39, 0.29) is 11.5 Å². The number of para-hydroxylation sites is 1. The molecule has 0 aliphatic heterocycles. The number of carbonyl (C=O) groups excluding carboxylic acids is 2. The van der Waals surface area contributed by atoms with Gasteiger partial charge in [0.2, 0.25) is 5.78 Å². The average Bonchev–Trinajstić information content (AvgIpc) is 3.15. The first-order chi connectivity index (χ1) is 15.7. The molecule has 4 aromatic rings. The Kier molecular flexibility index (Phi) is 6.25. The fourth-order valence-corrected chi connectivity index (χ4v) is 3.73. The summed E-state index contributed by atoms with van der Waals surface area (Å²) in [5.41, 5.74) is 4.10. The summed E-state index contributed by atoms with van der Waals surface area (Å²) >= 11 is 6.23. The van der Waals surface area contributed by atoms with Crippen LogP contribution in [0.3, 0.4) is 0 Å². The molecule has 6 heteroatoms. The van der Waals surface area contributed by atoms with Gasteiger partial charge in [-0.25, -0.2) is 0 Å². The summed E-state index contributed by atoms with van der Waals surface area (Å²) in [6.45, 7) is 7.37. The van der Waals surface area contributed by atoms with Crippen molar-refractivity contribution in [2.75, 3.05) is 5.32 Å². The van der Waals surface area contributed by atoms with Crippen molar-refractivity contribution in [1.82, 2.24) is 0 Å². The van der Waals surface area contributed by atoms with Gasteiger partial charge in [0.15, 0.2) is 11.9 Å². The number of ether oxygens (including phenoxy) is 1. The van der Waals surface area contributed by atoms with Crippen LogP contribution in [0.4, 0.5) is 5.69 Å². The molecule has 0 saturated carbocycles. The Hall–Kier alpha value is -3.57. The van der Waals surface area contributed by atoms with E-state index in [1.54, 1.807) is 43.3 Å². The summed E-state index contributed by atoms with van der Waals surface area (Å²) in [5.74, 6) is -0.0763. The topological polar surface area (TPSA) is 68.5 Å². The van der Waals surface area contributed by atoms with E-state index in [0.717, 1.165) is 16.7 Å². The number of halogens is 1. The molecule has 5 nitrogen and oxygen atoms in total. The van der Waals surface area contributed by atoms with Gasteiger partial charge in [0.25, 0.3) is 5.91 Å². The molecule has 3 aromatic carbocycles. The molecule has 0 bridgehead atoms. The number of rotatable bonds is 6. The number of carbonyl (C=O) groups is 2. The van der Waals surface area contributed by atoms with Crippen LogP contribution in [-0.4, -0.2) is 17.8 Å². The number of nitrogens with one attached hydrogen (secondary N) is 1. The second kappa shape index (κ2) is 9.12. The van der Waals surface area contributed by atoms with Crippen molar-refractivity contribution in [2.24, 2.45) is 0 Å². The highest BCUT2D eigenvalue weighted by molar-refractivity contribution is 6.32. The van der Waals surface area contributed by atoms with Gasteiger partial charge < -0.3 is 14.5 Å². The van der Waals surface area contributed by atoms with Gasteiger partial charge >= 0.3 is 0 Å². The standard InChI is InChI=1S/C27H24ClNO4/c1-15-9-11-19(12-10-15)25(30)26-24(21-7-5-6-8-22(21)33-26)29-27(31)18(4)32-20-13-16(2)23(28)17(3)14-20/h5-14,18H,1-4H3,(H,29,31). The van der Waals surface area contributed by atoms with E-state index < -0.39 is 12.0 Å². The van der Waals surface area contributed by atoms with Gasteiger partial charge in [0, 0.05) is 16.0 Å². The van der Waals surface area contributed by atoms with Gasteiger partial charge in [-0.3, -0.25) is 9.59 Å². The summed E-state index contributed by atoms with van der Waals surface area (Å²) < 4.78 is 11.7. The van der Waals surface area contributed by atoms with Crippen LogP contribution in [0.5, 0.6) is 5.75 Å². The molecule has 33 heavy (non-hydrogen) atoms. The first-order valence-electron chi connectivity index (χ1n) is 10.6. The average molecular weight is 462 g/mol. The molecule has 1 amide bonds. The van der Waals surface area contributed by atoms with Crippen LogP contribution in [0.15, 0.2) is 65.1 Å². The van der Waals surface area contributed by atoms with Crippen LogP contribution in [0.2, 0.25) is 5.02 Å². The second-order valence-corrected chi connectivity index (χ2v) is 8.50. The zero-order chi connectivity index (χ0) is 23.7. The van der Waals surface area contributed by atoms with Crippen molar-refractivity contribution in [3.05, 3.63) is 93.7 Å². The van der Waals surface area contributed by atoms with Gasteiger partial charge in [-0.2, -0.15) is 0 Å². The maximum Gasteiger partial charge on any atom is 0.265 e. The van der Waals surface area contributed by atoms with Gasteiger partial charge in [-0.15, -0.1) is 0 Å². The Labute approximate surface area is 197 Å². The van der Waals surface area contributed by atoms with Crippen LogP contribution in [0, 0.1) is 20.8 Å². The maximum absolute atomic E-state index is 13.2. The van der Waals surface area contributed by atoms with E-state index in [4.69, 9.17) is 20.8 Å². The molecule has 1 aromatic heterocycles. The Morgan fingerprint density at radius 2 is 1.61 bits per heavy atom. The van der Waals surface area contributed by atoms with E-state index in [1.807, 2.05) is 45.0 Å². The molecule has 1 unspecified atom stereocenters. The molecule has 0 aliphatic carbocycles. The summed E-state index contributed by atoms with van der Waals surface area (Å²) in [7, 11) is 0. The molecule has 0 fully saturated rings. The SMILES string of the molecule is Cc1ccc(C(=O)c2oc3ccccc3c2NC(=O)C(C)Oc2cc(C)c(Cl)c(C)c2)cc1. The van der Waals surface area contributed by atoms with Crippen LogP contribution < -0.4 is 10.1 Å². The van der Waals surface area contributed by atoms with Gasteiger partial charge in [-0.1, -0.05) is 53.6 Å². The Morgan fingerprint density at radius 3 is 2.27 bits per heavy atom. The van der Waals surface area contributed by atoms with Crippen molar-refractivity contribution >= 4 is 39.9 Å². The fourth-order valence-electron chi connectivity index (χ4n) is 3.62. The minimum Gasteiger partial charge on any atom is -0.481 e. The molecule has 0 radical (unpaired) electrons. The van der Waals surface area contributed by atoms with Crippen molar-refractivity contribution in [3.8, 4) is 5.75 Å². The minimum atomic E-state index is -0.819. The highest BCUT2D eigenvalue weighted by Crippen LogP contribution is 2.33. The van der Waals surface area contributed by atoms with E-state index >= 15 is 0 Å². The van der Waals surface area contributed by atoms with Gasteiger partial charge in [-0.05, 0) is 63.1 Å². The lowest BCUT2D eigenvalue weighted by atomic mass is 10.1. The number of amides is 1. The molecule has 4 rings (SSSR count). The van der Waals surface area contributed by atoms with Crippen LogP contribution in [0.1, 0.15) is 39.7 Å². The summed E-state index contributed by atoms with van der Waals surface area (Å²) in [5, 5.41) is 4.17. The third-order valence-electron chi connectivity index (χ3n) is 5.46. The minimum absolute atomic E-state index is 0.0822. The molecule has 168 valence electrons. The smallest absolute Gasteiger partial charge is 0.265 e. The first-order valence-corrected chi connectivity index (χ1v) is 11.0. The molecule has 0 spiro atoms. The van der Waals surface area contributed by atoms with Gasteiger partial charge in [0.05, 0.1) is 5.69 Å². The summed E-state index contributed by atoms with van der Waals surface area (Å²) in [6, 6.07) is 18.0. The Balaban J connectivity index is 1.63. The number of aryl methyl sites for hydroxylation is 3. The number of fused-ring (bicyclic) bond motifs is 1. The number of hydrogen-bond donors (Lipinski definition) is 1. The lowest BCUT2D eigenvalue weighted by Crippen LogP contribution is -2.30. The summed E-state index contributed by atoms with van der Waals surface area (Å²) in [6.07, 6.45) is -0.819. The second-order valence-electron chi connectivity index (χ2n) is 8.12. The predicted octanol–water partition coefficient (Wildman–Crippen LogP) is 6.65. The van der Waals surface area contributed by atoms with Crippen LogP contribution in [-0.2, 0) is 4.79 Å². The van der Waals surface area contributed by atoms with Crippen molar-refractivity contribution in [3.63, 3.8) is 0 Å². The van der Waals surface area contributed by atoms with E-state index in [1.165, 1.54) is 0 Å². The highest BCUT2D eigenvalue weighted by atomic mass is 35.5. The third kappa shape index (κ3) is 4.64. The Bertz CT molecular complexity index is 1330. The molecule has 0 aliphatic rings. The first kappa shape index (κ1) is 22.6. The van der Waals surface area contributed by atoms with E-state index in [2.05, 4.69) is 5.32 Å². The number of ketones is 1. The Morgan fingerprint density at radius 1 is 0.970 bits per heavy atom. The fraction of sp³-hybridized carbons (Fsp3) is 0.185. The molecule has 0 saturated heterocycles. The van der Waals surface area contributed by atoms with Gasteiger partial charge in [0.1, 0.15) is 11.3 Å². The van der Waals surface area contributed by atoms with Crippen LogP contribution >= 0.6 is 11.6 Å². The van der Waals surface area contributed by atoms with Crippen LogP contribution in [0.25, 0.3) is 11.0 Å². The summed E-state index contributed by atoms with van der Waals surface area (Å²) in [4.78, 5) is 26.2. The normalized spacial score (nSPS) is 11.9. The lowest BCUT2D eigenvalue weighted by molar-refractivity contribution is -0.122. The highest BCUT2D eigenvalue weighted by Gasteiger charge is 2.25.